The van der Waals surface area contributed by atoms with Crippen LogP contribution in [0.5, 0.6) is 0 Å². The van der Waals surface area contributed by atoms with E-state index in [4.69, 9.17) is 0 Å². The van der Waals surface area contributed by atoms with Gasteiger partial charge in [0.25, 0.3) is 0 Å². The number of carbonyl (C=O) groups is 1. The van der Waals surface area contributed by atoms with E-state index in [0.29, 0.717) is 5.25 Å². The van der Waals surface area contributed by atoms with Gasteiger partial charge in [-0.1, -0.05) is 20.3 Å². The highest BCUT2D eigenvalue weighted by Gasteiger charge is 2.48. The summed E-state index contributed by atoms with van der Waals surface area (Å²) >= 11 is 1.97. The Kier molecular flexibility index (Phi) is 6.67. The lowest BCUT2D eigenvalue weighted by atomic mass is 9.84. The SMILES string of the molecule is CCC(C)SCCC1CCCC1(NC(C)C)C(=O)O. The van der Waals surface area contributed by atoms with E-state index >= 15 is 0 Å². The molecule has 0 amide bonds. The van der Waals surface area contributed by atoms with Gasteiger partial charge >= 0.3 is 5.97 Å². The third kappa shape index (κ3) is 4.38. The molecule has 1 fully saturated rings. The summed E-state index contributed by atoms with van der Waals surface area (Å²) < 4.78 is 0. The maximum atomic E-state index is 11.8. The molecule has 112 valence electrons. The van der Waals surface area contributed by atoms with Crippen LogP contribution >= 0.6 is 11.8 Å². The lowest BCUT2D eigenvalue weighted by Crippen LogP contribution is -2.57. The van der Waals surface area contributed by atoms with Gasteiger partial charge in [-0.15, -0.1) is 0 Å². The van der Waals surface area contributed by atoms with Gasteiger partial charge in [-0.25, -0.2) is 0 Å². The average Bonchev–Trinajstić information content (AvgIpc) is 2.72. The summed E-state index contributed by atoms with van der Waals surface area (Å²) in [5, 5.41) is 13.7. The molecule has 0 aromatic carbocycles. The number of rotatable bonds is 8. The van der Waals surface area contributed by atoms with Crippen molar-refractivity contribution < 1.29 is 9.90 Å². The summed E-state index contributed by atoms with van der Waals surface area (Å²) in [5.74, 6) is 0.704. The second kappa shape index (κ2) is 7.53. The fraction of sp³-hybridized carbons (Fsp3) is 0.933. The number of aliphatic carboxylic acids is 1. The number of hydrogen-bond donors (Lipinski definition) is 2. The lowest BCUT2D eigenvalue weighted by molar-refractivity contribution is -0.147. The van der Waals surface area contributed by atoms with E-state index in [0.717, 1.165) is 31.4 Å². The number of nitrogens with one attached hydrogen (secondary N) is 1. The van der Waals surface area contributed by atoms with Crippen LogP contribution in [-0.2, 0) is 4.79 Å². The van der Waals surface area contributed by atoms with Crippen LogP contribution in [0.25, 0.3) is 0 Å². The normalized spacial score (nSPS) is 28.8. The van der Waals surface area contributed by atoms with Gasteiger partial charge in [0.15, 0.2) is 0 Å². The standard InChI is InChI=1S/C15H29NO2S/c1-5-12(4)19-10-8-13-7-6-9-15(13,14(17)18)16-11(2)3/h11-13,16H,5-10H2,1-4H3,(H,17,18). The van der Waals surface area contributed by atoms with Crippen molar-refractivity contribution in [2.45, 2.75) is 76.6 Å². The van der Waals surface area contributed by atoms with Crippen molar-refractivity contribution >= 4 is 17.7 Å². The monoisotopic (exact) mass is 287 g/mol. The molecule has 0 radical (unpaired) electrons. The molecule has 1 aliphatic carbocycles. The predicted molar refractivity (Wildman–Crippen MR) is 82.8 cm³/mol. The first-order chi connectivity index (χ1) is 8.92. The van der Waals surface area contributed by atoms with Gasteiger partial charge in [-0.05, 0) is 51.2 Å². The smallest absolute Gasteiger partial charge is 0.324 e. The molecule has 0 aromatic heterocycles. The molecule has 19 heavy (non-hydrogen) atoms. The summed E-state index contributed by atoms with van der Waals surface area (Å²) in [6.45, 7) is 8.52. The van der Waals surface area contributed by atoms with Crippen LogP contribution in [0.2, 0.25) is 0 Å². The van der Waals surface area contributed by atoms with Gasteiger partial charge < -0.3 is 5.11 Å². The maximum Gasteiger partial charge on any atom is 0.324 e. The molecule has 0 aromatic rings. The number of carboxylic acid groups (broad SMARTS) is 1. The van der Waals surface area contributed by atoms with Crippen molar-refractivity contribution in [3.05, 3.63) is 0 Å². The molecular weight excluding hydrogens is 258 g/mol. The molecule has 0 bridgehead atoms. The molecule has 3 unspecified atom stereocenters. The fourth-order valence-corrected chi connectivity index (χ4v) is 4.11. The second-order valence-corrected chi connectivity index (χ2v) is 7.59. The largest absolute Gasteiger partial charge is 0.480 e. The quantitative estimate of drug-likeness (QED) is 0.717. The summed E-state index contributed by atoms with van der Waals surface area (Å²) in [6, 6.07) is 0.221. The Morgan fingerprint density at radius 2 is 2.16 bits per heavy atom. The van der Waals surface area contributed by atoms with Crippen molar-refractivity contribution in [2.24, 2.45) is 5.92 Å². The topological polar surface area (TPSA) is 49.3 Å². The van der Waals surface area contributed by atoms with Crippen LogP contribution in [-0.4, -0.2) is 33.7 Å². The fourth-order valence-electron chi connectivity index (χ4n) is 3.05. The van der Waals surface area contributed by atoms with E-state index in [9.17, 15) is 9.90 Å². The van der Waals surface area contributed by atoms with Crippen LogP contribution in [0.1, 0.15) is 59.8 Å². The Morgan fingerprint density at radius 3 is 2.68 bits per heavy atom. The van der Waals surface area contributed by atoms with Gasteiger partial charge in [0.2, 0.25) is 0 Å². The van der Waals surface area contributed by atoms with Gasteiger partial charge in [-0.3, -0.25) is 10.1 Å². The highest BCUT2D eigenvalue weighted by atomic mass is 32.2. The van der Waals surface area contributed by atoms with Gasteiger partial charge in [0, 0.05) is 11.3 Å². The second-order valence-electron chi connectivity index (χ2n) is 6.04. The van der Waals surface area contributed by atoms with E-state index in [-0.39, 0.29) is 12.0 Å². The highest BCUT2D eigenvalue weighted by Crippen LogP contribution is 2.39. The Morgan fingerprint density at radius 1 is 1.47 bits per heavy atom. The summed E-state index contributed by atoms with van der Waals surface area (Å²) in [5.41, 5.74) is -0.676. The molecule has 4 heteroatoms. The van der Waals surface area contributed by atoms with E-state index < -0.39 is 11.5 Å². The van der Waals surface area contributed by atoms with Crippen molar-refractivity contribution in [1.82, 2.24) is 5.32 Å². The van der Waals surface area contributed by atoms with Crippen molar-refractivity contribution in [3.63, 3.8) is 0 Å². The summed E-state index contributed by atoms with van der Waals surface area (Å²) in [6.07, 6.45) is 5.06. The maximum absolute atomic E-state index is 11.8. The van der Waals surface area contributed by atoms with Crippen LogP contribution in [0, 0.1) is 5.92 Å². The lowest BCUT2D eigenvalue weighted by Gasteiger charge is -2.34. The molecule has 1 saturated carbocycles. The molecule has 1 aliphatic rings. The first-order valence-electron chi connectivity index (χ1n) is 7.55. The van der Waals surface area contributed by atoms with Gasteiger partial charge in [-0.2, -0.15) is 11.8 Å². The number of thioether (sulfide) groups is 1. The molecule has 0 saturated heterocycles. The molecule has 0 heterocycles. The van der Waals surface area contributed by atoms with E-state index in [1.807, 2.05) is 25.6 Å². The molecule has 3 atom stereocenters. The number of hydrogen-bond acceptors (Lipinski definition) is 3. The zero-order chi connectivity index (χ0) is 14.5. The van der Waals surface area contributed by atoms with Crippen molar-refractivity contribution in [1.29, 1.82) is 0 Å². The molecule has 3 nitrogen and oxygen atoms in total. The average molecular weight is 287 g/mol. The van der Waals surface area contributed by atoms with Gasteiger partial charge in [0.1, 0.15) is 5.54 Å². The molecule has 0 spiro atoms. The first kappa shape index (κ1) is 16.8. The third-order valence-corrected chi connectivity index (χ3v) is 5.57. The Labute approximate surface area is 121 Å². The molecule has 0 aliphatic heterocycles. The molecular formula is C15H29NO2S. The zero-order valence-electron chi connectivity index (χ0n) is 12.7. The molecule has 1 rings (SSSR count). The van der Waals surface area contributed by atoms with E-state index in [1.165, 1.54) is 6.42 Å². The van der Waals surface area contributed by atoms with Gasteiger partial charge in [0.05, 0.1) is 0 Å². The zero-order valence-corrected chi connectivity index (χ0v) is 13.6. The van der Waals surface area contributed by atoms with Crippen LogP contribution < -0.4 is 5.32 Å². The number of carboxylic acids is 1. The summed E-state index contributed by atoms with van der Waals surface area (Å²) in [7, 11) is 0. The van der Waals surface area contributed by atoms with Crippen LogP contribution in [0.15, 0.2) is 0 Å². The minimum Gasteiger partial charge on any atom is -0.480 e. The minimum atomic E-state index is -0.676. The van der Waals surface area contributed by atoms with Crippen LogP contribution in [0.4, 0.5) is 0 Å². The minimum absolute atomic E-state index is 0.221. The molecule has 2 N–H and O–H groups in total. The Hall–Kier alpha value is -0.220. The highest BCUT2D eigenvalue weighted by molar-refractivity contribution is 7.99. The first-order valence-corrected chi connectivity index (χ1v) is 8.60. The third-order valence-electron chi connectivity index (χ3n) is 4.19. The van der Waals surface area contributed by atoms with Crippen LogP contribution in [0.3, 0.4) is 0 Å². The van der Waals surface area contributed by atoms with E-state index in [1.54, 1.807) is 0 Å². The van der Waals surface area contributed by atoms with Crippen molar-refractivity contribution in [3.8, 4) is 0 Å². The predicted octanol–water partition coefficient (Wildman–Crippen LogP) is 3.53. The van der Waals surface area contributed by atoms with E-state index in [2.05, 4.69) is 19.2 Å². The van der Waals surface area contributed by atoms with Crippen molar-refractivity contribution in [2.75, 3.05) is 5.75 Å². The Balaban J connectivity index is 2.61. The Bertz CT molecular complexity index is 296. The summed E-state index contributed by atoms with van der Waals surface area (Å²) in [4.78, 5) is 11.8.